The lowest BCUT2D eigenvalue weighted by Crippen LogP contribution is -2.45. The highest BCUT2D eigenvalue weighted by Crippen LogP contribution is 2.36. The van der Waals surface area contributed by atoms with E-state index in [4.69, 9.17) is 4.74 Å². The van der Waals surface area contributed by atoms with Crippen molar-refractivity contribution in [2.45, 2.75) is 52.7 Å². The molecule has 0 aliphatic rings. The molecule has 4 aromatic rings. The van der Waals surface area contributed by atoms with Gasteiger partial charge in [-0.05, 0) is 75.9 Å². The molecule has 4 rings (SSSR count). The molecule has 2 aromatic heterocycles. The van der Waals surface area contributed by atoms with Crippen LogP contribution >= 0.6 is 11.3 Å². The third-order valence-corrected chi connectivity index (χ3v) is 7.22. The molecule has 192 valence electrons. The number of rotatable bonds is 8. The molecule has 0 aliphatic carbocycles. The van der Waals surface area contributed by atoms with E-state index in [0.717, 1.165) is 21.4 Å². The molecule has 0 bridgehead atoms. The number of carbonyl (C=O) groups excluding carboxylic acids is 3. The smallest absolute Gasteiger partial charge is 0.320 e. The van der Waals surface area contributed by atoms with E-state index in [9.17, 15) is 24.3 Å². The number of nitrogens with zero attached hydrogens (tertiary/aromatic N) is 3. The normalized spacial score (nSPS) is 13.4. The molecule has 0 saturated carbocycles. The van der Waals surface area contributed by atoms with Crippen LogP contribution in [0.2, 0.25) is 0 Å². The number of thiophene rings is 1. The zero-order valence-corrected chi connectivity index (χ0v) is 21.8. The first-order valence-electron chi connectivity index (χ1n) is 11.7. The number of aromatic nitrogens is 3. The summed E-state index contributed by atoms with van der Waals surface area (Å²) in [4.78, 5) is 53.3. The quantitative estimate of drug-likeness (QED) is 0.207. The Morgan fingerprint density at radius 2 is 1.81 bits per heavy atom. The minimum Gasteiger partial charge on any atom is -0.508 e. The minimum absolute atomic E-state index is 0.0714. The third-order valence-electron chi connectivity index (χ3n) is 6.08. The molecule has 37 heavy (non-hydrogen) atoms. The first-order valence-corrected chi connectivity index (χ1v) is 12.5. The summed E-state index contributed by atoms with van der Waals surface area (Å²) < 4.78 is 7.40. The second-order valence-electron chi connectivity index (χ2n) is 9.96. The van der Waals surface area contributed by atoms with E-state index in [1.807, 2.05) is 0 Å². The molecule has 1 N–H and O–H groups in total. The summed E-state index contributed by atoms with van der Waals surface area (Å²) in [5.41, 5.74) is -2.73. The fraction of sp³-hybridized carbons (Fsp3) is 0.333. The number of esters is 1. The molecule has 0 spiro atoms. The summed E-state index contributed by atoms with van der Waals surface area (Å²) >= 11 is 1.16. The molecule has 0 saturated heterocycles. The van der Waals surface area contributed by atoms with Crippen molar-refractivity contribution in [3.8, 4) is 5.75 Å². The molecule has 0 aliphatic heterocycles. The van der Waals surface area contributed by atoms with Crippen molar-refractivity contribution in [1.29, 1.82) is 0 Å². The molecular formula is C27H27N3O6S. The number of benzene rings is 2. The summed E-state index contributed by atoms with van der Waals surface area (Å²) in [6, 6.07) is 13.2. The summed E-state index contributed by atoms with van der Waals surface area (Å²) in [6.07, 6.45) is -0.618. The number of aryl methyl sites for hydroxylation is 1. The van der Waals surface area contributed by atoms with Gasteiger partial charge >= 0.3 is 5.97 Å². The standard InChI is InChI=1S/C27H27N3O6S/c1-16(31)27(25(35)36-26(2,3)4,11-12-30-24(34)19-7-5-6-8-20(19)28-29-30)15-21(33)23-13-17-9-10-18(32)14-22(17)37-23/h5-10,13-14,32H,11-12,15H2,1-4H3. The molecule has 9 nitrogen and oxygen atoms in total. The Morgan fingerprint density at radius 1 is 1.08 bits per heavy atom. The largest absolute Gasteiger partial charge is 0.508 e. The second kappa shape index (κ2) is 9.85. The van der Waals surface area contributed by atoms with Gasteiger partial charge in [-0.2, -0.15) is 0 Å². The molecule has 0 fully saturated rings. The van der Waals surface area contributed by atoms with E-state index in [2.05, 4.69) is 10.3 Å². The predicted octanol–water partition coefficient (Wildman–Crippen LogP) is 4.29. The van der Waals surface area contributed by atoms with Gasteiger partial charge in [0.15, 0.2) is 5.78 Å². The zero-order valence-electron chi connectivity index (χ0n) is 21.0. The predicted molar refractivity (Wildman–Crippen MR) is 140 cm³/mol. The minimum atomic E-state index is -1.84. The Morgan fingerprint density at radius 3 is 2.51 bits per heavy atom. The Hall–Kier alpha value is -3.92. The summed E-state index contributed by atoms with van der Waals surface area (Å²) in [5.74, 6) is -1.72. The first-order chi connectivity index (χ1) is 17.4. The average Bonchev–Trinajstić information content (AvgIpc) is 3.25. The van der Waals surface area contributed by atoms with Gasteiger partial charge in [-0.25, -0.2) is 4.68 Å². The van der Waals surface area contributed by atoms with Crippen molar-refractivity contribution in [3.63, 3.8) is 0 Å². The van der Waals surface area contributed by atoms with Crippen LogP contribution in [0, 0.1) is 5.41 Å². The van der Waals surface area contributed by atoms with Crippen LogP contribution < -0.4 is 5.56 Å². The van der Waals surface area contributed by atoms with Gasteiger partial charge in [-0.15, -0.1) is 16.4 Å². The highest BCUT2D eigenvalue weighted by atomic mass is 32.1. The molecule has 0 amide bonds. The van der Waals surface area contributed by atoms with Crippen LogP contribution in [0.3, 0.4) is 0 Å². The number of fused-ring (bicyclic) bond motifs is 2. The van der Waals surface area contributed by atoms with Gasteiger partial charge in [0.25, 0.3) is 5.56 Å². The van der Waals surface area contributed by atoms with Gasteiger partial charge in [0.1, 0.15) is 28.1 Å². The maximum atomic E-state index is 13.5. The zero-order chi connectivity index (χ0) is 27.0. The topological polar surface area (TPSA) is 128 Å². The van der Waals surface area contributed by atoms with Gasteiger partial charge in [-0.1, -0.05) is 17.3 Å². The van der Waals surface area contributed by atoms with Crippen LogP contribution in [0.15, 0.2) is 53.3 Å². The van der Waals surface area contributed by atoms with Gasteiger partial charge in [0, 0.05) is 17.7 Å². The molecule has 2 heterocycles. The van der Waals surface area contributed by atoms with Crippen LogP contribution in [0.4, 0.5) is 0 Å². The summed E-state index contributed by atoms with van der Waals surface area (Å²) in [6.45, 7) is 6.15. The van der Waals surface area contributed by atoms with Crippen molar-refractivity contribution >= 4 is 49.9 Å². The van der Waals surface area contributed by atoms with E-state index in [1.54, 1.807) is 63.2 Å². The molecule has 2 aromatic carbocycles. The number of ether oxygens (including phenoxy) is 1. The monoisotopic (exact) mass is 521 g/mol. The maximum absolute atomic E-state index is 13.5. The number of carbonyl (C=O) groups is 3. The number of Topliss-reactive ketones (excluding diaryl/α,β-unsaturated/α-hetero) is 2. The van der Waals surface area contributed by atoms with Crippen molar-refractivity contribution in [2.75, 3.05) is 0 Å². The number of hydrogen-bond donors (Lipinski definition) is 1. The number of phenols is 1. The molecule has 10 heteroatoms. The average molecular weight is 522 g/mol. The summed E-state index contributed by atoms with van der Waals surface area (Å²) in [5, 5.41) is 18.9. The Labute approximate surface area is 216 Å². The van der Waals surface area contributed by atoms with Crippen LogP contribution in [-0.2, 0) is 20.9 Å². The van der Waals surface area contributed by atoms with Gasteiger partial charge in [0.2, 0.25) is 0 Å². The van der Waals surface area contributed by atoms with Crippen LogP contribution in [0.25, 0.3) is 21.0 Å². The van der Waals surface area contributed by atoms with Crippen molar-refractivity contribution in [1.82, 2.24) is 15.0 Å². The van der Waals surface area contributed by atoms with Crippen LogP contribution in [0.1, 0.15) is 50.2 Å². The second-order valence-corrected chi connectivity index (χ2v) is 11.0. The highest BCUT2D eigenvalue weighted by molar-refractivity contribution is 7.20. The lowest BCUT2D eigenvalue weighted by molar-refractivity contribution is -0.170. The fourth-order valence-electron chi connectivity index (χ4n) is 4.07. The maximum Gasteiger partial charge on any atom is 0.320 e. The molecule has 1 unspecified atom stereocenters. The van der Waals surface area contributed by atoms with Crippen molar-refractivity contribution in [2.24, 2.45) is 5.41 Å². The molecule has 0 radical (unpaired) electrons. The SMILES string of the molecule is CC(=O)C(CCn1nnc2ccccc2c1=O)(CC(=O)c1cc2ccc(O)cc2s1)C(=O)OC(C)(C)C. The van der Waals surface area contributed by atoms with Gasteiger partial charge < -0.3 is 9.84 Å². The number of phenolic OH excluding ortho intramolecular Hbond substituents is 1. The van der Waals surface area contributed by atoms with E-state index in [1.165, 1.54) is 13.0 Å². The van der Waals surface area contributed by atoms with Gasteiger partial charge in [0.05, 0.1) is 10.3 Å². The Bertz CT molecular complexity index is 1580. The Kier molecular flexibility index (Phi) is 6.96. The van der Waals surface area contributed by atoms with Gasteiger partial charge in [-0.3, -0.25) is 19.2 Å². The fourth-order valence-corrected chi connectivity index (χ4v) is 5.10. The van der Waals surface area contributed by atoms with Crippen LogP contribution in [0.5, 0.6) is 5.75 Å². The summed E-state index contributed by atoms with van der Waals surface area (Å²) in [7, 11) is 0. The van der Waals surface area contributed by atoms with Crippen LogP contribution in [-0.4, -0.2) is 43.2 Å². The molecular weight excluding hydrogens is 494 g/mol. The highest BCUT2D eigenvalue weighted by Gasteiger charge is 2.48. The lowest BCUT2D eigenvalue weighted by atomic mass is 9.75. The first kappa shape index (κ1) is 26.2. The van der Waals surface area contributed by atoms with Crippen molar-refractivity contribution < 1.29 is 24.2 Å². The lowest BCUT2D eigenvalue weighted by Gasteiger charge is -2.32. The number of ketones is 2. The van der Waals surface area contributed by atoms with E-state index in [0.29, 0.717) is 20.5 Å². The molecule has 1 atom stereocenters. The Balaban J connectivity index is 1.71. The van der Waals surface area contributed by atoms with E-state index >= 15 is 0 Å². The number of aromatic hydroxyl groups is 1. The third kappa shape index (κ3) is 5.43. The van der Waals surface area contributed by atoms with E-state index in [-0.39, 0.29) is 18.7 Å². The van der Waals surface area contributed by atoms with Crippen molar-refractivity contribution in [3.05, 3.63) is 63.8 Å². The van der Waals surface area contributed by atoms with E-state index < -0.39 is 40.5 Å². The number of hydrogen-bond acceptors (Lipinski definition) is 9.